The molecule has 0 heterocycles. The van der Waals surface area contributed by atoms with Crippen LogP contribution in [0.4, 0.5) is 0 Å². The van der Waals surface area contributed by atoms with Gasteiger partial charge in [0.15, 0.2) is 0 Å². The molecule has 1 amide bonds. The molecule has 0 atom stereocenters. The molecule has 0 aromatic heterocycles. The van der Waals surface area contributed by atoms with Crippen LogP contribution in [0.3, 0.4) is 0 Å². The monoisotopic (exact) mass is 216 g/mol. The molecule has 90 valence electrons. The molecule has 0 unspecified atom stereocenters. The minimum absolute atomic E-state index is 0.135. The summed E-state index contributed by atoms with van der Waals surface area (Å²) >= 11 is 0. The van der Waals surface area contributed by atoms with E-state index in [2.05, 4.69) is 17.6 Å². The largest absolute Gasteiger partial charge is 0.383 e. The Balaban J connectivity index is 3.11. The highest BCUT2D eigenvalue weighted by atomic mass is 16.5. The van der Waals surface area contributed by atoms with Crippen LogP contribution in [0.5, 0.6) is 0 Å². The zero-order valence-corrected chi connectivity index (χ0v) is 9.97. The summed E-state index contributed by atoms with van der Waals surface area (Å²) in [7, 11) is 1.67. The van der Waals surface area contributed by atoms with E-state index in [1.807, 2.05) is 0 Å². The third-order valence-electron chi connectivity index (χ3n) is 2.11. The second-order valence-corrected chi connectivity index (χ2v) is 3.55. The quantitative estimate of drug-likeness (QED) is 0.534. The summed E-state index contributed by atoms with van der Waals surface area (Å²) in [6.45, 7) is 5.19. The lowest BCUT2D eigenvalue weighted by Crippen LogP contribution is -2.29. The molecule has 0 spiro atoms. The van der Waals surface area contributed by atoms with E-state index >= 15 is 0 Å². The average molecular weight is 216 g/mol. The Labute approximate surface area is 92.8 Å². The highest BCUT2D eigenvalue weighted by molar-refractivity contribution is 5.75. The fourth-order valence-corrected chi connectivity index (χ4v) is 1.19. The molecular formula is C11H24N2O2. The molecule has 2 N–H and O–H groups in total. The van der Waals surface area contributed by atoms with Crippen molar-refractivity contribution < 1.29 is 9.53 Å². The molecule has 0 aromatic rings. The molecule has 4 nitrogen and oxygen atoms in total. The van der Waals surface area contributed by atoms with Gasteiger partial charge in [-0.3, -0.25) is 4.79 Å². The van der Waals surface area contributed by atoms with Gasteiger partial charge in [0.05, 0.1) is 6.61 Å². The van der Waals surface area contributed by atoms with Crippen molar-refractivity contribution in [2.24, 2.45) is 0 Å². The van der Waals surface area contributed by atoms with Gasteiger partial charge in [0.1, 0.15) is 0 Å². The molecule has 0 fully saturated rings. The van der Waals surface area contributed by atoms with Gasteiger partial charge >= 0.3 is 0 Å². The summed E-state index contributed by atoms with van der Waals surface area (Å²) in [5.74, 6) is 0.135. The first-order valence-corrected chi connectivity index (χ1v) is 5.77. The summed E-state index contributed by atoms with van der Waals surface area (Å²) < 4.78 is 4.88. The van der Waals surface area contributed by atoms with Crippen molar-refractivity contribution in [3.63, 3.8) is 0 Å². The number of carbonyl (C=O) groups excluding carboxylic acids is 1. The van der Waals surface area contributed by atoms with Crippen molar-refractivity contribution in [1.29, 1.82) is 0 Å². The second kappa shape index (κ2) is 11.5. The summed E-state index contributed by atoms with van der Waals surface area (Å²) in [6.07, 6.45) is 4.01. The summed E-state index contributed by atoms with van der Waals surface area (Å²) in [6, 6.07) is 0. The minimum atomic E-state index is 0.135. The smallest absolute Gasteiger partial charge is 0.221 e. The van der Waals surface area contributed by atoms with Crippen molar-refractivity contribution in [1.82, 2.24) is 10.6 Å². The fraction of sp³-hybridized carbons (Fsp3) is 0.909. The maximum absolute atomic E-state index is 11.3. The molecule has 4 heteroatoms. The Morgan fingerprint density at radius 3 is 2.67 bits per heavy atom. The van der Waals surface area contributed by atoms with E-state index in [4.69, 9.17) is 4.74 Å². The van der Waals surface area contributed by atoms with Crippen LogP contribution in [-0.4, -0.2) is 39.3 Å². The Morgan fingerprint density at radius 1 is 1.20 bits per heavy atom. The van der Waals surface area contributed by atoms with E-state index < -0.39 is 0 Å². The molecule has 0 saturated heterocycles. The first-order chi connectivity index (χ1) is 7.31. The van der Waals surface area contributed by atoms with Crippen LogP contribution >= 0.6 is 0 Å². The number of ether oxygens (including phenoxy) is 1. The number of amides is 1. The summed E-state index contributed by atoms with van der Waals surface area (Å²) in [5.41, 5.74) is 0. The summed E-state index contributed by atoms with van der Waals surface area (Å²) in [4.78, 5) is 11.3. The van der Waals surface area contributed by atoms with Crippen LogP contribution in [0, 0.1) is 0 Å². The SMILES string of the molecule is CCCCCNC(=O)CCNCCOC. The number of nitrogens with one attached hydrogen (secondary N) is 2. The van der Waals surface area contributed by atoms with Crippen LogP contribution < -0.4 is 10.6 Å². The number of rotatable bonds is 10. The lowest BCUT2D eigenvalue weighted by molar-refractivity contribution is -0.121. The highest BCUT2D eigenvalue weighted by Crippen LogP contribution is 1.91. The van der Waals surface area contributed by atoms with Gasteiger partial charge in [-0.25, -0.2) is 0 Å². The van der Waals surface area contributed by atoms with Crippen molar-refractivity contribution in [2.45, 2.75) is 32.6 Å². The fourth-order valence-electron chi connectivity index (χ4n) is 1.19. The van der Waals surface area contributed by atoms with E-state index in [9.17, 15) is 4.79 Å². The predicted molar refractivity (Wildman–Crippen MR) is 61.9 cm³/mol. The van der Waals surface area contributed by atoms with Gasteiger partial charge in [-0.15, -0.1) is 0 Å². The lowest BCUT2D eigenvalue weighted by Gasteiger charge is -2.05. The number of methoxy groups -OCH3 is 1. The van der Waals surface area contributed by atoms with Crippen LogP contribution in [0.15, 0.2) is 0 Å². The number of hydrogen-bond donors (Lipinski definition) is 2. The van der Waals surface area contributed by atoms with Gasteiger partial charge in [0.2, 0.25) is 5.91 Å². The Kier molecular flexibility index (Phi) is 11.0. The first kappa shape index (κ1) is 14.4. The lowest BCUT2D eigenvalue weighted by atomic mass is 10.2. The molecule has 0 saturated carbocycles. The number of hydrogen-bond acceptors (Lipinski definition) is 3. The third kappa shape index (κ3) is 11.3. The van der Waals surface area contributed by atoms with Gasteiger partial charge in [-0.1, -0.05) is 19.8 Å². The van der Waals surface area contributed by atoms with Crippen molar-refractivity contribution in [3.05, 3.63) is 0 Å². The van der Waals surface area contributed by atoms with Crippen LogP contribution in [0.1, 0.15) is 32.6 Å². The van der Waals surface area contributed by atoms with E-state index in [-0.39, 0.29) is 5.91 Å². The van der Waals surface area contributed by atoms with Gasteiger partial charge in [-0.2, -0.15) is 0 Å². The van der Waals surface area contributed by atoms with Crippen LogP contribution in [0.2, 0.25) is 0 Å². The Hall–Kier alpha value is -0.610. The maximum atomic E-state index is 11.3. The molecule has 0 aliphatic carbocycles. The molecule has 0 aliphatic rings. The standard InChI is InChI=1S/C11H24N2O2/c1-3-4-5-7-13-11(14)6-8-12-9-10-15-2/h12H,3-10H2,1-2H3,(H,13,14). The van der Waals surface area contributed by atoms with Gasteiger partial charge in [-0.05, 0) is 6.42 Å². The zero-order chi connectivity index (χ0) is 11.4. The molecule has 0 bridgehead atoms. The van der Waals surface area contributed by atoms with Crippen molar-refractivity contribution >= 4 is 5.91 Å². The average Bonchev–Trinajstić information content (AvgIpc) is 2.24. The normalized spacial score (nSPS) is 10.3. The van der Waals surface area contributed by atoms with Gasteiger partial charge in [0.25, 0.3) is 0 Å². The second-order valence-electron chi connectivity index (χ2n) is 3.55. The molecular weight excluding hydrogens is 192 g/mol. The topological polar surface area (TPSA) is 50.4 Å². The molecule has 0 radical (unpaired) electrons. The summed E-state index contributed by atoms with van der Waals surface area (Å²) in [5, 5.41) is 6.03. The molecule has 15 heavy (non-hydrogen) atoms. The van der Waals surface area contributed by atoms with Crippen LogP contribution in [-0.2, 0) is 9.53 Å². The van der Waals surface area contributed by atoms with Gasteiger partial charge in [0, 0.05) is 33.2 Å². The van der Waals surface area contributed by atoms with E-state index in [0.717, 1.165) is 26.1 Å². The van der Waals surface area contributed by atoms with Crippen LogP contribution in [0.25, 0.3) is 0 Å². The van der Waals surface area contributed by atoms with Crippen molar-refractivity contribution in [3.8, 4) is 0 Å². The highest BCUT2D eigenvalue weighted by Gasteiger charge is 1.98. The Morgan fingerprint density at radius 2 is 2.00 bits per heavy atom. The molecule has 0 rings (SSSR count). The van der Waals surface area contributed by atoms with E-state index in [1.54, 1.807) is 7.11 Å². The molecule has 0 aliphatic heterocycles. The van der Waals surface area contributed by atoms with Crippen molar-refractivity contribution in [2.75, 3.05) is 33.4 Å². The zero-order valence-electron chi connectivity index (χ0n) is 9.97. The first-order valence-electron chi connectivity index (χ1n) is 5.77. The number of carbonyl (C=O) groups is 1. The van der Waals surface area contributed by atoms with E-state index in [0.29, 0.717) is 13.0 Å². The van der Waals surface area contributed by atoms with Gasteiger partial charge < -0.3 is 15.4 Å². The molecule has 0 aromatic carbocycles. The maximum Gasteiger partial charge on any atom is 0.221 e. The Bertz CT molecular complexity index is 152. The minimum Gasteiger partial charge on any atom is -0.383 e. The predicted octanol–water partition coefficient (Wildman–Crippen LogP) is 0.919. The number of unbranched alkanes of at least 4 members (excludes halogenated alkanes) is 2. The third-order valence-corrected chi connectivity index (χ3v) is 2.11. The van der Waals surface area contributed by atoms with E-state index in [1.165, 1.54) is 12.8 Å².